The number of aromatic carboxylic acids is 1. The summed E-state index contributed by atoms with van der Waals surface area (Å²) in [4.78, 5) is 50.1. The van der Waals surface area contributed by atoms with Crippen LogP contribution in [0.15, 0.2) is 53.4 Å². The van der Waals surface area contributed by atoms with E-state index < -0.39 is 39.2 Å². The Labute approximate surface area is 241 Å². The van der Waals surface area contributed by atoms with Crippen molar-refractivity contribution in [1.82, 2.24) is 0 Å². The fourth-order valence-electron chi connectivity index (χ4n) is 3.39. The van der Waals surface area contributed by atoms with E-state index in [0.29, 0.717) is 22.7 Å². The van der Waals surface area contributed by atoms with Crippen LogP contribution in [0.1, 0.15) is 44.4 Å². The monoisotopic (exact) mass is 613 g/mol. The predicted octanol–water partition coefficient (Wildman–Crippen LogP) is 6.86. The average Bonchev–Trinajstić information content (AvgIpc) is 2.87. The molecule has 1 atom stereocenters. The maximum atomic E-state index is 13.0. The standard InChI is InChI=1S/C25H19Cl4N3O5S/c1-2-15(23(34)32-14-9-4-3-8-13(14)22(30)33)38-12-7-5-6-11(10-12)31-24(35)16-17(25(36)37)19(27)21(29)20(28)18(16)26/h3-10,15H,2H2,1H3,(H2,30,33)(H,31,35)(H,32,34)(H,36,37). The van der Waals surface area contributed by atoms with Crippen LogP contribution < -0.4 is 16.4 Å². The zero-order valence-corrected chi connectivity index (χ0v) is 23.3. The van der Waals surface area contributed by atoms with E-state index in [2.05, 4.69) is 10.6 Å². The largest absolute Gasteiger partial charge is 0.478 e. The summed E-state index contributed by atoms with van der Waals surface area (Å²) < 4.78 is 0. The third-order valence-electron chi connectivity index (χ3n) is 5.19. The molecule has 13 heteroatoms. The summed E-state index contributed by atoms with van der Waals surface area (Å²) >= 11 is 25.4. The van der Waals surface area contributed by atoms with Gasteiger partial charge in [-0.25, -0.2) is 4.79 Å². The molecule has 3 amide bonds. The first kappa shape index (κ1) is 29.6. The van der Waals surface area contributed by atoms with Gasteiger partial charge in [-0.2, -0.15) is 0 Å². The molecule has 3 aromatic carbocycles. The summed E-state index contributed by atoms with van der Waals surface area (Å²) in [5, 5.41) is 13.0. The third-order valence-corrected chi connectivity index (χ3v) is 8.35. The van der Waals surface area contributed by atoms with Crippen LogP contribution in [0.3, 0.4) is 0 Å². The molecule has 0 radical (unpaired) electrons. The van der Waals surface area contributed by atoms with Gasteiger partial charge in [-0.1, -0.05) is 71.5 Å². The first-order chi connectivity index (χ1) is 18.0. The number of primary amides is 1. The minimum absolute atomic E-state index is 0.187. The summed E-state index contributed by atoms with van der Waals surface area (Å²) in [6.45, 7) is 1.83. The molecule has 0 aromatic heterocycles. The maximum absolute atomic E-state index is 13.0. The van der Waals surface area contributed by atoms with Gasteiger partial charge in [0.15, 0.2) is 0 Å². The van der Waals surface area contributed by atoms with Crippen molar-refractivity contribution in [3.63, 3.8) is 0 Å². The smallest absolute Gasteiger partial charge is 0.338 e. The lowest BCUT2D eigenvalue weighted by molar-refractivity contribution is -0.115. The van der Waals surface area contributed by atoms with Crippen molar-refractivity contribution in [2.24, 2.45) is 5.73 Å². The summed E-state index contributed by atoms with van der Waals surface area (Å²) in [6.07, 6.45) is 0.450. The second kappa shape index (κ2) is 12.7. The van der Waals surface area contributed by atoms with E-state index in [1.54, 1.807) is 42.5 Å². The normalized spacial score (nSPS) is 11.5. The van der Waals surface area contributed by atoms with Crippen molar-refractivity contribution in [3.05, 3.63) is 85.3 Å². The molecular weight excluding hydrogens is 596 g/mol. The summed E-state index contributed by atoms with van der Waals surface area (Å²) in [5.74, 6) is -3.40. The zero-order chi connectivity index (χ0) is 28.1. The van der Waals surface area contributed by atoms with Crippen LogP contribution in [0, 0.1) is 0 Å². The van der Waals surface area contributed by atoms with E-state index in [4.69, 9.17) is 52.1 Å². The molecule has 5 N–H and O–H groups in total. The Kier molecular flexibility index (Phi) is 9.92. The molecule has 198 valence electrons. The third kappa shape index (κ3) is 6.54. The van der Waals surface area contributed by atoms with Crippen LogP contribution in [0.4, 0.5) is 11.4 Å². The highest BCUT2D eigenvalue weighted by Gasteiger charge is 2.29. The number of rotatable bonds is 9. The summed E-state index contributed by atoms with van der Waals surface area (Å²) in [6, 6.07) is 13.0. The molecule has 0 saturated carbocycles. The predicted molar refractivity (Wildman–Crippen MR) is 151 cm³/mol. The molecule has 0 heterocycles. The molecule has 3 rings (SSSR count). The molecule has 0 aliphatic heterocycles. The highest BCUT2D eigenvalue weighted by atomic mass is 35.5. The lowest BCUT2D eigenvalue weighted by Crippen LogP contribution is -2.26. The number of carbonyl (C=O) groups excluding carboxylic acids is 3. The van der Waals surface area contributed by atoms with E-state index in [1.807, 2.05) is 6.92 Å². The number of benzene rings is 3. The number of hydrogen-bond acceptors (Lipinski definition) is 5. The van der Waals surface area contributed by atoms with Gasteiger partial charge in [0, 0.05) is 10.6 Å². The van der Waals surface area contributed by atoms with E-state index in [-0.39, 0.29) is 26.5 Å². The molecule has 3 aromatic rings. The van der Waals surface area contributed by atoms with Crippen molar-refractivity contribution in [2.75, 3.05) is 10.6 Å². The first-order valence-corrected chi connectivity index (χ1v) is 13.2. The number of anilines is 2. The van der Waals surface area contributed by atoms with Gasteiger partial charge < -0.3 is 21.5 Å². The van der Waals surface area contributed by atoms with Gasteiger partial charge in [-0.15, -0.1) is 11.8 Å². The van der Waals surface area contributed by atoms with Crippen molar-refractivity contribution in [3.8, 4) is 0 Å². The molecule has 38 heavy (non-hydrogen) atoms. The fourth-order valence-corrected chi connectivity index (χ4v) is 5.43. The highest BCUT2D eigenvalue weighted by Crippen LogP contribution is 2.42. The van der Waals surface area contributed by atoms with Crippen molar-refractivity contribution >= 4 is 93.2 Å². The molecule has 0 aliphatic carbocycles. The van der Waals surface area contributed by atoms with Crippen LogP contribution in [0.25, 0.3) is 0 Å². The SMILES string of the molecule is CCC(Sc1cccc(NC(=O)c2c(Cl)c(Cl)c(Cl)c(Cl)c2C(=O)O)c1)C(=O)Nc1ccccc1C(N)=O. The van der Waals surface area contributed by atoms with Crippen molar-refractivity contribution in [1.29, 1.82) is 0 Å². The molecule has 0 spiro atoms. The van der Waals surface area contributed by atoms with Crippen LogP contribution in [-0.4, -0.2) is 34.0 Å². The van der Waals surface area contributed by atoms with Gasteiger partial charge >= 0.3 is 5.97 Å². The molecule has 0 aliphatic rings. The fraction of sp³-hybridized carbons (Fsp3) is 0.120. The number of amides is 3. The van der Waals surface area contributed by atoms with Gasteiger partial charge in [-0.3, -0.25) is 14.4 Å². The van der Waals surface area contributed by atoms with Gasteiger partial charge in [0.25, 0.3) is 11.8 Å². The minimum Gasteiger partial charge on any atom is -0.478 e. The van der Waals surface area contributed by atoms with E-state index in [1.165, 1.54) is 17.8 Å². The second-order valence-corrected chi connectivity index (χ2v) is 10.5. The van der Waals surface area contributed by atoms with E-state index >= 15 is 0 Å². The Hall–Kier alpha value is -2.95. The van der Waals surface area contributed by atoms with Crippen LogP contribution in [0.5, 0.6) is 0 Å². The number of nitrogens with two attached hydrogens (primary N) is 1. The van der Waals surface area contributed by atoms with Gasteiger partial charge in [-0.05, 0) is 36.8 Å². The van der Waals surface area contributed by atoms with Gasteiger partial charge in [0.2, 0.25) is 5.91 Å². The Balaban J connectivity index is 1.82. The van der Waals surface area contributed by atoms with Crippen LogP contribution >= 0.6 is 58.2 Å². The maximum Gasteiger partial charge on any atom is 0.338 e. The van der Waals surface area contributed by atoms with Gasteiger partial charge in [0.1, 0.15) is 0 Å². The second-order valence-electron chi connectivity index (χ2n) is 7.71. The molecule has 1 unspecified atom stereocenters. The Morgan fingerprint density at radius 3 is 2.13 bits per heavy atom. The number of halogens is 4. The number of para-hydroxylation sites is 1. The number of carboxylic acids is 1. The number of thioether (sulfide) groups is 1. The molecular formula is C25H19Cl4N3O5S. The van der Waals surface area contributed by atoms with Gasteiger partial charge in [0.05, 0.1) is 47.7 Å². The quantitative estimate of drug-likeness (QED) is 0.118. The first-order valence-electron chi connectivity index (χ1n) is 10.8. The van der Waals surface area contributed by atoms with Crippen molar-refractivity contribution in [2.45, 2.75) is 23.5 Å². The zero-order valence-electron chi connectivity index (χ0n) is 19.5. The number of carbonyl (C=O) groups is 4. The Morgan fingerprint density at radius 1 is 0.895 bits per heavy atom. The highest BCUT2D eigenvalue weighted by molar-refractivity contribution is 8.00. The lowest BCUT2D eigenvalue weighted by atomic mass is 10.1. The number of carboxylic acid groups (broad SMARTS) is 1. The summed E-state index contributed by atoms with van der Waals surface area (Å²) in [7, 11) is 0. The number of nitrogens with one attached hydrogen (secondary N) is 2. The van der Waals surface area contributed by atoms with Crippen LogP contribution in [-0.2, 0) is 4.79 Å². The van der Waals surface area contributed by atoms with Crippen LogP contribution in [0.2, 0.25) is 20.1 Å². The molecule has 0 bridgehead atoms. The average molecular weight is 615 g/mol. The minimum atomic E-state index is -1.51. The lowest BCUT2D eigenvalue weighted by Gasteiger charge is -2.17. The molecule has 0 saturated heterocycles. The van der Waals surface area contributed by atoms with E-state index in [0.717, 1.165) is 0 Å². The van der Waals surface area contributed by atoms with E-state index in [9.17, 15) is 24.3 Å². The Bertz CT molecular complexity index is 1450. The summed E-state index contributed by atoms with van der Waals surface area (Å²) in [5.41, 5.74) is 5.13. The molecule has 8 nitrogen and oxygen atoms in total. The topological polar surface area (TPSA) is 139 Å². The van der Waals surface area contributed by atoms with Crippen molar-refractivity contribution < 1.29 is 24.3 Å². The Morgan fingerprint density at radius 2 is 1.53 bits per heavy atom. The number of hydrogen-bond donors (Lipinski definition) is 4. The molecule has 0 fully saturated rings.